The van der Waals surface area contributed by atoms with E-state index < -0.39 is 5.60 Å². The topological polar surface area (TPSA) is 41.9 Å². The summed E-state index contributed by atoms with van der Waals surface area (Å²) in [4.78, 5) is 2.30. The number of halogens is 1. The monoisotopic (exact) mass is 343 g/mol. The normalized spacial score (nSPS) is 25.4. The van der Waals surface area contributed by atoms with E-state index in [4.69, 9.17) is 9.47 Å². The van der Waals surface area contributed by atoms with Crippen LogP contribution in [0.3, 0.4) is 0 Å². The molecule has 0 bridgehead atoms. The minimum Gasteiger partial charge on any atom is -0.493 e. The van der Waals surface area contributed by atoms with Gasteiger partial charge in [0, 0.05) is 13.1 Å². The molecule has 1 fully saturated rings. The molecule has 4 rings (SSSR count). The number of rotatable bonds is 3. The van der Waals surface area contributed by atoms with E-state index in [2.05, 4.69) is 4.90 Å². The van der Waals surface area contributed by atoms with Crippen LogP contribution in [-0.2, 0) is 12.0 Å². The first-order chi connectivity index (χ1) is 12.1. The third-order valence-corrected chi connectivity index (χ3v) is 5.55. The van der Waals surface area contributed by atoms with E-state index in [-0.39, 0.29) is 11.9 Å². The Morgan fingerprint density at radius 2 is 1.76 bits per heavy atom. The molecule has 0 aromatic heterocycles. The average Bonchev–Trinajstić information content (AvgIpc) is 2.99. The number of fused-ring (bicyclic) bond motifs is 3. The number of ether oxygens (including phenoxy) is 2. The maximum Gasteiger partial charge on any atom is 0.161 e. The summed E-state index contributed by atoms with van der Waals surface area (Å²) < 4.78 is 24.2. The van der Waals surface area contributed by atoms with Crippen molar-refractivity contribution in [3.05, 3.63) is 58.9 Å². The van der Waals surface area contributed by atoms with Crippen LogP contribution in [0.15, 0.2) is 36.4 Å². The molecular formula is C20H22FNO3. The maximum atomic E-state index is 13.3. The quantitative estimate of drug-likeness (QED) is 0.930. The van der Waals surface area contributed by atoms with E-state index in [0.717, 1.165) is 30.6 Å². The molecule has 2 aromatic rings. The van der Waals surface area contributed by atoms with Gasteiger partial charge in [0.25, 0.3) is 0 Å². The van der Waals surface area contributed by atoms with Crippen LogP contribution in [-0.4, -0.2) is 37.3 Å². The fourth-order valence-corrected chi connectivity index (χ4v) is 4.29. The molecule has 2 aromatic carbocycles. The molecule has 0 spiro atoms. The van der Waals surface area contributed by atoms with Gasteiger partial charge in [-0.1, -0.05) is 12.1 Å². The molecule has 2 heterocycles. The van der Waals surface area contributed by atoms with Crippen molar-refractivity contribution in [1.82, 2.24) is 4.90 Å². The maximum absolute atomic E-state index is 13.3. The average molecular weight is 343 g/mol. The Kier molecular flexibility index (Phi) is 3.93. The van der Waals surface area contributed by atoms with Gasteiger partial charge in [0.1, 0.15) is 11.4 Å². The standard InChI is InChI=1S/C20H22FNO3/c1-24-17-11-13-7-9-22-10-8-20(23,14-3-5-15(21)6-4-14)19(22)16(13)12-18(17)25-2/h3-6,11-12,19,23H,7-10H2,1-2H3/t19-,20+/m0/s1. The van der Waals surface area contributed by atoms with Gasteiger partial charge in [-0.15, -0.1) is 0 Å². The molecule has 25 heavy (non-hydrogen) atoms. The van der Waals surface area contributed by atoms with Crippen LogP contribution in [0.2, 0.25) is 0 Å². The molecule has 2 atom stereocenters. The molecule has 0 saturated carbocycles. The highest BCUT2D eigenvalue weighted by Crippen LogP contribution is 2.51. The third kappa shape index (κ3) is 2.50. The van der Waals surface area contributed by atoms with Crippen molar-refractivity contribution in [2.24, 2.45) is 0 Å². The van der Waals surface area contributed by atoms with E-state index in [1.54, 1.807) is 26.4 Å². The molecule has 5 heteroatoms. The Labute approximate surface area is 146 Å². The minimum atomic E-state index is -1.04. The molecular weight excluding hydrogens is 321 g/mol. The summed E-state index contributed by atoms with van der Waals surface area (Å²) in [5.41, 5.74) is 1.95. The van der Waals surface area contributed by atoms with E-state index in [0.29, 0.717) is 17.9 Å². The highest BCUT2D eigenvalue weighted by molar-refractivity contribution is 5.51. The van der Waals surface area contributed by atoms with Crippen molar-refractivity contribution in [2.45, 2.75) is 24.5 Å². The Hall–Kier alpha value is -2.11. The zero-order valence-corrected chi connectivity index (χ0v) is 14.5. The molecule has 132 valence electrons. The first-order valence-corrected chi connectivity index (χ1v) is 8.54. The highest BCUT2D eigenvalue weighted by Gasteiger charge is 2.50. The second-order valence-electron chi connectivity index (χ2n) is 6.78. The summed E-state index contributed by atoms with van der Waals surface area (Å²) in [7, 11) is 3.25. The van der Waals surface area contributed by atoms with E-state index in [1.807, 2.05) is 12.1 Å². The Bertz CT molecular complexity index is 792. The third-order valence-electron chi connectivity index (χ3n) is 5.55. The largest absolute Gasteiger partial charge is 0.493 e. The van der Waals surface area contributed by atoms with Crippen LogP contribution < -0.4 is 9.47 Å². The summed E-state index contributed by atoms with van der Waals surface area (Å²) in [6, 6.07) is 10.0. The SMILES string of the molecule is COc1cc2c(cc1OC)[C@@H]1N(CC2)CC[C@@]1(O)c1ccc(F)cc1. The molecule has 2 aliphatic rings. The number of aliphatic hydroxyl groups is 1. The molecule has 2 aliphatic heterocycles. The van der Waals surface area contributed by atoms with Crippen molar-refractivity contribution < 1.29 is 19.0 Å². The Morgan fingerprint density at radius 1 is 1.08 bits per heavy atom. The van der Waals surface area contributed by atoms with Crippen molar-refractivity contribution in [1.29, 1.82) is 0 Å². The van der Waals surface area contributed by atoms with Crippen molar-refractivity contribution in [2.75, 3.05) is 27.3 Å². The van der Waals surface area contributed by atoms with Gasteiger partial charge in [0.2, 0.25) is 0 Å². The molecule has 0 unspecified atom stereocenters. The van der Waals surface area contributed by atoms with E-state index in [9.17, 15) is 9.50 Å². The van der Waals surface area contributed by atoms with Gasteiger partial charge in [0.15, 0.2) is 11.5 Å². The first kappa shape index (κ1) is 16.4. The highest BCUT2D eigenvalue weighted by atomic mass is 19.1. The van der Waals surface area contributed by atoms with Crippen LogP contribution in [0.4, 0.5) is 4.39 Å². The smallest absolute Gasteiger partial charge is 0.161 e. The lowest BCUT2D eigenvalue weighted by Gasteiger charge is -2.39. The predicted octanol–water partition coefficient (Wildman–Crippen LogP) is 3.03. The molecule has 0 amide bonds. The van der Waals surface area contributed by atoms with Gasteiger partial charge in [-0.2, -0.15) is 0 Å². The van der Waals surface area contributed by atoms with Gasteiger partial charge in [-0.05, 0) is 53.8 Å². The number of benzene rings is 2. The summed E-state index contributed by atoms with van der Waals surface area (Å²) in [5.74, 6) is 1.08. The lowest BCUT2D eigenvalue weighted by Crippen LogP contribution is -2.39. The fraction of sp³-hybridized carbons (Fsp3) is 0.400. The molecule has 0 aliphatic carbocycles. The Balaban J connectivity index is 1.83. The van der Waals surface area contributed by atoms with Crippen LogP contribution in [0.1, 0.15) is 29.2 Å². The van der Waals surface area contributed by atoms with E-state index in [1.165, 1.54) is 17.7 Å². The van der Waals surface area contributed by atoms with Crippen molar-refractivity contribution in [3.8, 4) is 11.5 Å². The van der Waals surface area contributed by atoms with Crippen LogP contribution >= 0.6 is 0 Å². The first-order valence-electron chi connectivity index (χ1n) is 8.54. The number of methoxy groups -OCH3 is 2. The van der Waals surface area contributed by atoms with Gasteiger partial charge in [-0.3, -0.25) is 4.90 Å². The van der Waals surface area contributed by atoms with Gasteiger partial charge < -0.3 is 14.6 Å². The summed E-state index contributed by atoms with van der Waals surface area (Å²) >= 11 is 0. The second kappa shape index (κ2) is 6.00. The predicted molar refractivity (Wildman–Crippen MR) is 92.5 cm³/mol. The second-order valence-corrected chi connectivity index (χ2v) is 6.78. The summed E-state index contributed by atoms with van der Waals surface area (Å²) in [6.07, 6.45) is 1.53. The summed E-state index contributed by atoms with van der Waals surface area (Å²) in [6.45, 7) is 1.70. The molecule has 1 saturated heterocycles. The molecule has 0 radical (unpaired) electrons. The number of nitrogens with zero attached hydrogens (tertiary/aromatic N) is 1. The Morgan fingerprint density at radius 3 is 2.44 bits per heavy atom. The van der Waals surface area contributed by atoms with Crippen molar-refractivity contribution in [3.63, 3.8) is 0 Å². The van der Waals surface area contributed by atoms with Gasteiger partial charge in [-0.25, -0.2) is 4.39 Å². The van der Waals surface area contributed by atoms with Gasteiger partial charge >= 0.3 is 0 Å². The molecule has 1 N–H and O–H groups in total. The molecule has 4 nitrogen and oxygen atoms in total. The van der Waals surface area contributed by atoms with Crippen LogP contribution in [0, 0.1) is 5.82 Å². The lowest BCUT2D eigenvalue weighted by molar-refractivity contribution is -0.00590. The number of hydrogen-bond acceptors (Lipinski definition) is 4. The fourth-order valence-electron chi connectivity index (χ4n) is 4.29. The zero-order chi connectivity index (χ0) is 17.6. The number of hydrogen-bond donors (Lipinski definition) is 1. The minimum absolute atomic E-state index is 0.165. The van der Waals surface area contributed by atoms with Crippen molar-refractivity contribution >= 4 is 0 Å². The van der Waals surface area contributed by atoms with Crippen LogP contribution in [0.25, 0.3) is 0 Å². The van der Waals surface area contributed by atoms with E-state index >= 15 is 0 Å². The zero-order valence-electron chi connectivity index (χ0n) is 14.5. The van der Waals surface area contributed by atoms with Crippen LogP contribution in [0.5, 0.6) is 11.5 Å². The summed E-state index contributed by atoms with van der Waals surface area (Å²) in [5, 5.41) is 11.5. The lowest BCUT2D eigenvalue weighted by atomic mass is 9.79. The van der Waals surface area contributed by atoms with Gasteiger partial charge in [0.05, 0.1) is 20.3 Å².